The molecule has 6 heteroatoms. The molecule has 0 spiro atoms. The lowest BCUT2D eigenvalue weighted by molar-refractivity contribution is 0.912. The number of rotatable bonds is 3. The summed E-state index contributed by atoms with van der Waals surface area (Å²) < 4.78 is 0. The number of hydrogen-bond acceptors (Lipinski definition) is 5. The minimum atomic E-state index is 0.174. The molecule has 1 heterocycles. The van der Waals surface area contributed by atoms with Crippen molar-refractivity contribution >= 4 is 29.2 Å². The van der Waals surface area contributed by atoms with E-state index < -0.39 is 0 Å². The minimum Gasteiger partial charge on any atom is -0.368 e. The maximum absolute atomic E-state index is 6.11. The minimum absolute atomic E-state index is 0.174. The molecule has 0 radical (unpaired) electrons. The number of fused-ring (bicyclic) bond motifs is 1. The zero-order valence-corrected chi connectivity index (χ0v) is 14.6. The van der Waals surface area contributed by atoms with Crippen LogP contribution >= 0.6 is 11.6 Å². The molecule has 5 nitrogen and oxygen atoms in total. The van der Waals surface area contributed by atoms with E-state index in [1.807, 2.05) is 25.1 Å². The summed E-state index contributed by atoms with van der Waals surface area (Å²) in [6, 6.07) is 12.0. The summed E-state index contributed by atoms with van der Waals surface area (Å²) in [5.74, 6) is 1.11. The lowest BCUT2D eigenvalue weighted by Gasteiger charge is -2.10. The van der Waals surface area contributed by atoms with Crippen molar-refractivity contribution in [2.24, 2.45) is 0 Å². The summed E-state index contributed by atoms with van der Waals surface area (Å²) in [4.78, 5) is 13.0. The van der Waals surface area contributed by atoms with Gasteiger partial charge in [0.25, 0.3) is 0 Å². The summed E-state index contributed by atoms with van der Waals surface area (Å²) in [6.07, 6.45) is 3.50. The number of aryl methyl sites for hydroxylation is 3. The van der Waals surface area contributed by atoms with E-state index in [1.54, 1.807) is 0 Å². The van der Waals surface area contributed by atoms with Crippen molar-refractivity contribution in [2.75, 3.05) is 11.1 Å². The molecule has 0 atom stereocenters. The Balaban J connectivity index is 1.69. The number of nitrogen functional groups attached to an aromatic ring is 1. The molecule has 0 saturated carbocycles. The average Bonchev–Trinajstić information content (AvgIpc) is 3.04. The van der Waals surface area contributed by atoms with Crippen LogP contribution in [-0.2, 0) is 12.8 Å². The Bertz CT molecular complexity index is 955. The molecule has 0 saturated heterocycles. The van der Waals surface area contributed by atoms with Gasteiger partial charge in [0.1, 0.15) is 0 Å². The fourth-order valence-corrected chi connectivity index (χ4v) is 3.35. The highest BCUT2D eigenvalue weighted by molar-refractivity contribution is 6.30. The van der Waals surface area contributed by atoms with Crippen LogP contribution in [0.4, 0.5) is 17.6 Å². The highest BCUT2D eigenvalue weighted by Gasteiger charge is 2.13. The van der Waals surface area contributed by atoms with Crippen LogP contribution < -0.4 is 11.1 Å². The lowest BCUT2D eigenvalue weighted by atomic mass is 10.1. The van der Waals surface area contributed by atoms with Crippen molar-refractivity contribution in [3.63, 3.8) is 0 Å². The normalized spacial score (nSPS) is 12.9. The largest absolute Gasteiger partial charge is 0.368 e. The van der Waals surface area contributed by atoms with Crippen LogP contribution in [0.15, 0.2) is 36.4 Å². The van der Waals surface area contributed by atoms with Gasteiger partial charge in [-0.3, -0.25) is 0 Å². The van der Waals surface area contributed by atoms with Gasteiger partial charge in [-0.1, -0.05) is 23.7 Å². The molecule has 0 fully saturated rings. The Morgan fingerprint density at radius 3 is 2.72 bits per heavy atom. The van der Waals surface area contributed by atoms with E-state index in [0.717, 1.165) is 29.7 Å². The third-order valence-electron chi connectivity index (χ3n) is 4.45. The highest BCUT2D eigenvalue weighted by Crippen LogP contribution is 2.28. The molecular formula is C19H18ClN5. The molecule has 0 bridgehead atoms. The molecule has 3 N–H and O–H groups in total. The molecular weight excluding hydrogens is 334 g/mol. The van der Waals surface area contributed by atoms with Gasteiger partial charge in [0.2, 0.25) is 11.9 Å². The standard InChI is InChI=1S/C19H18ClN5/c1-11-5-7-14(20)10-16(11)17-23-18(21)25-19(24-17)22-15-8-6-12-3-2-4-13(12)9-15/h5-10H,2-4H2,1H3,(H3,21,22,23,24,25). The topological polar surface area (TPSA) is 76.7 Å². The molecule has 1 aliphatic rings. The number of halogens is 1. The van der Waals surface area contributed by atoms with Gasteiger partial charge in [0, 0.05) is 16.3 Å². The Morgan fingerprint density at radius 2 is 1.84 bits per heavy atom. The number of hydrogen-bond donors (Lipinski definition) is 2. The Hall–Kier alpha value is -2.66. The van der Waals surface area contributed by atoms with Gasteiger partial charge in [-0.05, 0) is 67.1 Å². The first-order chi connectivity index (χ1) is 12.1. The van der Waals surface area contributed by atoms with Crippen LogP contribution in [0.2, 0.25) is 5.02 Å². The smallest absolute Gasteiger partial charge is 0.232 e. The molecule has 0 aliphatic heterocycles. The van der Waals surface area contributed by atoms with Crippen LogP contribution in [0.5, 0.6) is 0 Å². The monoisotopic (exact) mass is 351 g/mol. The number of anilines is 3. The molecule has 0 unspecified atom stereocenters. The zero-order chi connectivity index (χ0) is 17.4. The summed E-state index contributed by atoms with van der Waals surface area (Å²) in [6.45, 7) is 1.99. The Kier molecular flexibility index (Phi) is 4.01. The highest BCUT2D eigenvalue weighted by atomic mass is 35.5. The average molecular weight is 352 g/mol. The second kappa shape index (κ2) is 6.33. The number of aromatic nitrogens is 3. The van der Waals surface area contributed by atoms with Gasteiger partial charge in [-0.2, -0.15) is 15.0 Å². The summed E-state index contributed by atoms with van der Waals surface area (Å²) in [5, 5.41) is 3.88. The van der Waals surface area contributed by atoms with E-state index in [9.17, 15) is 0 Å². The van der Waals surface area contributed by atoms with E-state index in [0.29, 0.717) is 16.8 Å². The Labute approximate surface area is 151 Å². The second-order valence-electron chi connectivity index (χ2n) is 6.26. The van der Waals surface area contributed by atoms with Gasteiger partial charge in [-0.15, -0.1) is 0 Å². The van der Waals surface area contributed by atoms with Crippen molar-refractivity contribution in [1.29, 1.82) is 0 Å². The molecule has 0 amide bonds. The number of nitrogens with zero attached hydrogens (tertiary/aromatic N) is 3. The van der Waals surface area contributed by atoms with Crippen LogP contribution in [-0.4, -0.2) is 15.0 Å². The maximum Gasteiger partial charge on any atom is 0.232 e. The van der Waals surface area contributed by atoms with Crippen LogP contribution in [0, 0.1) is 6.92 Å². The first-order valence-corrected chi connectivity index (χ1v) is 8.63. The molecule has 25 heavy (non-hydrogen) atoms. The number of benzene rings is 2. The van der Waals surface area contributed by atoms with Crippen LogP contribution in [0.1, 0.15) is 23.1 Å². The van der Waals surface area contributed by atoms with Crippen molar-refractivity contribution in [2.45, 2.75) is 26.2 Å². The van der Waals surface area contributed by atoms with Crippen molar-refractivity contribution in [3.05, 3.63) is 58.1 Å². The molecule has 2 aromatic carbocycles. The third-order valence-corrected chi connectivity index (χ3v) is 4.68. The van der Waals surface area contributed by atoms with Gasteiger partial charge in [0.15, 0.2) is 5.82 Å². The Morgan fingerprint density at radius 1 is 1.00 bits per heavy atom. The predicted molar refractivity (Wildman–Crippen MR) is 101 cm³/mol. The molecule has 1 aliphatic carbocycles. The van der Waals surface area contributed by atoms with Gasteiger partial charge >= 0.3 is 0 Å². The predicted octanol–water partition coefficient (Wildman–Crippen LogP) is 4.31. The first-order valence-electron chi connectivity index (χ1n) is 8.25. The quantitative estimate of drug-likeness (QED) is 0.735. The summed E-state index contributed by atoms with van der Waals surface area (Å²) in [7, 11) is 0. The van der Waals surface area contributed by atoms with Gasteiger partial charge in [-0.25, -0.2) is 0 Å². The van der Waals surface area contributed by atoms with E-state index in [1.165, 1.54) is 17.5 Å². The van der Waals surface area contributed by atoms with E-state index in [4.69, 9.17) is 17.3 Å². The van der Waals surface area contributed by atoms with E-state index >= 15 is 0 Å². The third kappa shape index (κ3) is 3.28. The van der Waals surface area contributed by atoms with E-state index in [2.05, 4.69) is 38.5 Å². The zero-order valence-electron chi connectivity index (χ0n) is 13.9. The molecule has 126 valence electrons. The first kappa shape index (κ1) is 15.8. The fraction of sp³-hybridized carbons (Fsp3) is 0.211. The van der Waals surface area contributed by atoms with Gasteiger partial charge < -0.3 is 11.1 Å². The number of nitrogens with two attached hydrogens (primary N) is 1. The fourth-order valence-electron chi connectivity index (χ4n) is 3.18. The maximum atomic E-state index is 6.11. The van der Waals surface area contributed by atoms with Crippen molar-refractivity contribution in [1.82, 2.24) is 15.0 Å². The van der Waals surface area contributed by atoms with Gasteiger partial charge in [0.05, 0.1) is 0 Å². The van der Waals surface area contributed by atoms with Crippen molar-refractivity contribution in [3.8, 4) is 11.4 Å². The SMILES string of the molecule is Cc1ccc(Cl)cc1-c1nc(N)nc(Nc2ccc3c(c2)CCC3)n1. The number of nitrogens with one attached hydrogen (secondary N) is 1. The van der Waals surface area contributed by atoms with Crippen LogP contribution in [0.25, 0.3) is 11.4 Å². The second-order valence-corrected chi connectivity index (χ2v) is 6.70. The molecule has 4 rings (SSSR count). The molecule has 1 aromatic heterocycles. The van der Waals surface area contributed by atoms with E-state index in [-0.39, 0.29) is 5.95 Å². The van der Waals surface area contributed by atoms with Crippen LogP contribution in [0.3, 0.4) is 0 Å². The molecule has 3 aromatic rings. The lowest BCUT2D eigenvalue weighted by Crippen LogP contribution is -2.05. The summed E-state index contributed by atoms with van der Waals surface area (Å²) >= 11 is 6.11. The summed E-state index contributed by atoms with van der Waals surface area (Å²) in [5.41, 5.74) is 11.5. The van der Waals surface area contributed by atoms with Crippen molar-refractivity contribution < 1.29 is 0 Å².